The molecule has 2 N–H and O–H groups in total. The van der Waals surface area contributed by atoms with Gasteiger partial charge in [-0.3, -0.25) is 4.79 Å². The van der Waals surface area contributed by atoms with E-state index in [9.17, 15) is 19.4 Å². The molecule has 2 aromatic carbocycles. The predicted molar refractivity (Wildman–Crippen MR) is 113 cm³/mol. The summed E-state index contributed by atoms with van der Waals surface area (Å²) in [5, 5.41) is 20.7. The molecule has 30 heavy (non-hydrogen) atoms. The largest absolute Gasteiger partial charge is 0.493 e. The molecule has 0 spiro atoms. The molecule has 2 heterocycles. The fraction of sp³-hybridized carbons (Fsp3) is 0.348. The zero-order valence-electron chi connectivity index (χ0n) is 16.5. The number of rotatable bonds is 6. The maximum absolute atomic E-state index is 14.9. The van der Waals surface area contributed by atoms with Gasteiger partial charge in [0.05, 0.1) is 19.3 Å². The minimum absolute atomic E-state index is 0.0311. The molecular formula is C23H23FO5S. The normalized spacial score (nSPS) is 21.9. The van der Waals surface area contributed by atoms with Crippen LogP contribution in [-0.2, 0) is 16.0 Å². The summed E-state index contributed by atoms with van der Waals surface area (Å²) in [6.45, 7) is 1.61. The van der Waals surface area contributed by atoms with Crippen molar-refractivity contribution < 1.29 is 28.9 Å². The van der Waals surface area contributed by atoms with Crippen LogP contribution in [0, 0.1) is 5.82 Å². The highest BCUT2D eigenvalue weighted by molar-refractivity contribution is 7.19. The standard InChI is InChI=1S/C23H23FO5S/c1-2-28-19-10-17(24)14(8-15-7-13-5-3-4-6-22(13)30-15)9-16(19)20-11-18(26)23(27)21(12-25)29-20/h3-7,9-10,18,20-21,25-26H,2,8,11-12H2,1H3. The van der Waals surface area contributed by atoms with Crippen LogP contribution >= 0.6 is 11.3 Å². The number of aliphatic hydroxyl groups excluding tert-OH is 2. The SMILES string of the molecule is CCOc1cc(F)c(Cc2cc3ccccc3s2)cc1C1CC(O)C(=O)C(CO)O1. The molecule has 0 amide bonds. The van der Waals surface area contributed by atoms with Gasteiger partial charge in [-0.05, 0) is 36.1 Å². The minimum atomic E-state index is -1.24. The first-order chi connectivity index (χ1) is 14.5. The van der Waals surface area contributed by atoms with Gasteiger partial charge >= 0.3 is 0 Å². The minimum Gasteiger partial charge on any atom is -0.493 e. The monoisotopic (exact) mass is 430 g/mol. The Labute approximate surface area is 177 Å². The van der Waals surface area contributed by atoms with Gasteiger partial charge in [0.2, 0.25) is 0 Å². The van der Waals surface area contributed by atoms with Crippen LogP contribution in [-0.4, -0.2) is 41.4 Å². The fourth-order valence-corrected chi connectivity index (χ4v) is 4.87. The average Bonchev–Trinajstić information content (AvgIpc) is 3.14. The van der Waals surface area contributed by atoms with Gasteiger partial charge < -0.3 is 19.7 Å². The summed E-state index contributed by atoms with van der Waals surface area (Å²) in [6, 6.07) is 13.1. The van der Waals surface area contributed by atoms with E-state index >= 15 is 0 Å². The molecule has 1 aliphatic heterocycles. The number of halogens is 1. The molecule has 1 fully saturated rings. The number of carbonyl (C=O) groups excluding carboxylic acids is 1. The number of fused-ring (bicyclic) bond motifs is 1. The molecule has 1 aromatic heterocycles. The van der Waals surface area contributed by atoms with E-state index in [1.807, 2.05) is 24.3 Å². The first-order valence-corrected chi connectivity index (χ1v) is 10.7. The second-order valence-electron chi connectivity index (χ2n) is 7.29. The molecule has 7 heteroatoms. The molecule has 1 aliphatic rings. The third-order valence-corrected chi connectivity index (χ3v) is 6.36. The molecule has 3 atom stereocenters. The van der Waals surface area contributed by atoms with E-state index in [1.165, 1.54) is 6.07 Å². The smallest absolute Gasteiger partial charge is 0.192 e. The van der Waals surface area contributed by atoms with Crippen molar-refractivity contribution in [2.45, 2.75) is 38.1 Å². The van der Waals surface area contributed by atoms with Crippen molar-refractivity contribution in [2.24, 2.45) is 0 Å². The highest BCUT2D eigenvalue weighted by Crippen LogP contribution is 2.38. The van der Waals surface area contributed by atoms with Crippen molar-refractivity contribution in [2.75, 3.05) is 13.2 Å². The van der Waals surface area contributed by atoms with E-state index in [0.29, 0.717) is 29.9 Å². The number of carbonyl (C=O) groups is 1. The third-order valence-electron chi connectivity index (χ3n) is 5.24. The molecule has 1 saturated heterocycles. The van der Waals surface area contributed by atoms with Gasteiger partial charge in [0, 0.05) is 34.0 Å². The van der Waals surface area contributed by atoms with Crippen LogP contribution in [0.4, 0.5) is 4.39 Å². The summed E-state index contributed by atoms with van der Waals surface area (Å²) < 4.78 is 27.4. The van der Waals surface area contributed by atoms with Gasteiger partial charge in [-0.1, -0.05) is 18.2 Å². The first-order valence-electron chi connectivity index (χ1n) is 9.90. The lowest BCUT2D eigenvalue weighted by Gasteiger charge is -2.32. The van der Waals surface area contributed by atoms with Crippen molar-refractivity contribution in [3.63, 3.8) is 0 Å². The molecule has 158 valence electrons. The zero-order chi connectivity index (χ0) is 21.3. The van der Waals surface area contributed by atoms with Crippen LogP contribution in [0.3, 0.4) is 0 Å². The van der Waals surface area contributed by atoms with E-state index in [0.717, 1.165) is 15.0 Å². The van der Waals surface area contributed by atoms with Crippen LogP contribution in [0.5, 0.6) is 5.75 Å². The Morgan fingerprint density at radius 1 is 1.27 bits per heavy atom. The van der Waals surface area contributed by atoms with Crippen LogP contribution in [0.2, 0.25) is 0 Å². The summed E-state index contributed by atoms with van der Waals surface area (Å²) in [5.41, 5.74) is 1.05. The Hall–Kier alpha value is -2.32. The van der Waals surface area contributed by atoms with Crippen molar-refractivity contribution in [3.8, 4) is 5.75 Å². The van der Waals surface area contributed by atoms with E-state index in [1.54, 1.807) is 24.3 Å². The summed E-state index contributed by atoms with van der Waals surface area (Å²) in [6.07, 6.45) is -2.60. The number of aliphatic hydroxyl groups is 2. The van der Waals surface area contributed by atoms with Crippen LogP contribution < -0.4 is 4.74 Å². The van der Waals surface area contributed by atoms with Gasteiger partial charge in [0.25, 0.3) is 0 Å². The van der Waals surface area contributed by atoms with E-state index in [4.69, 9.17) is 9.47 Å². The highest BCUT2D eigenvalue weighted by atomic mass is 32.1. The summed E-state index contributed by atoms with van der Waals surface area (Å²) in [4.78, 5) is 13.0. The summed E-state index contributed by atoms with van der Waals surface area (Å²) in [5.74, 6) is -0.608. The van der Waals surface area contributed by atoms with Crippen molar-refractivity contribution >= 4 is 27.2 Å². The lowest BCUT2D eigenvalue weighted by Crippen LogP contribution is -2.43. The van der Waals surface area contributed by atoms with Gasteiger partial charge in [0.15, 0.2) is 5.78 Å². The highest BCUT2D eigenvalue weighted by Gasteiger charge is 2.37. The molecule has 0 aliphatic carbocycles. The summed E-state index contributed by atoms with van der Waals surface area (Å²) >= 11 is 1.61. The van der Waals surface area contributed by atoms with E-state index in [2.05, 4.69) is 6.07 Å². The maximum atomic E-state index is 14.9. The Morgan fingerprint density at radius 3 is 2.80 bits per heavy atom. The number of ketones is 1. The topological polar surface area (TPSA) is 76.0 Å². The molecule has 0 saturated carbocycles. The number of Topliss-reactive ketones (excluding diaryl/α,β-unsaturated/α-hetero) is 1. The van der Waals surface area contributed by atoms with Crippen LogP contribution in [0.1, 0.15) is 35.5 Å². The predicted octanol–water partition coefficient (Wildman–Crippen LogP) is 3.78. The van der Waals surface area contributed by atoms with Crippen LogP contribution in [0.25, 0.3) is 10.1 Å². The lowest BCUT2D eigenvalue weighted by atomic mass is 9.93. The second-order valence-corrected chi connectivity index (χ2v) is 8.46. The lowest BCUT2D eigenvalue weighted by molar-refractivity contribution is -0.162. The van der Waals surface area contributed by atoms with Gasteiger partial charge in [-0.2, -0.15) is 0 Å². The zero-order valence-corrected chi connectivity index (χ0v) is 17.3. The molecule has 4 rings (SSSR count). The van der Waals surface area contributed by atoms with Crippen molar-refractivity contribution in [1.82, 2.24) is 0 Å². The Bertz CT molecular complexity index is 1030. The number of ether oxygens (including phenoxy) is 2. The average molecular weight is 430 g/mol. The Morgan fingerprint density at radius 2 is 2.07 bits per heavy atom. The van der Waals surface area contributed by atoms with Crippen LogP contribution in [0.15, 0.2) is 42.5 Å². The molecule has 0 bridgehead atoms. The number of thiophene rings is 1. The number of benzene rings is 2. The molecule has 0 radical (unpaired) electrons. The van der Waals surface area contributed by atoms with Gasteiger partial charge in [-0.15, -0.1) is 11.3 Å². The Kier molecular flexibility index (Phi) is 6.15. The number of hydrogen-bond acceptors (Lipinski definition) is 6. The number of hydrogen-bond donors (Lipinski definition) is 2. The molecule has 3 aromatic rings. The molecular weight excluding hydrogens is 407 g/mol. The van der Waals surface area contributed by atoms with Gasteiger partial charge in [-0.25, -0.2) is 4.39 Å². The third kappa shape index (κ3) is 4.11. The molecule has 3 unspecified atom stereocenters. The van der Waals surface area contributed by atoms with Crippen molar-refractivity contribution in [1.29, 1.82) is 0 Å². The summed E-state index contributed by atoms with van der Waals surface area (Å²) in [7, 11) is 0. The van der Waals surface area contributed by atoms with Crippen molar-refractivity contribution in [3.05, 3.63) is 64.3 Å². The maximum Gasteiger partial charge on any atom is 0.192 e. The van der Waals surface area contributed by atoms with E-state index < -0.39 is 30.7 Å². The quantitative estimate of drug-likeness (QED) is 0.623. The Balaban J connectivity index is 1.69. The second kappa shape index (κ2) is 8.81. The van der Waals surface area contributed by atoms with E-state index in [-0.39, 0.29) is 12.2 Å². The van der Waals surface area contributed by atoms with Gasteiger partial charge in [0.1, 0.15) is 23.8 Å². The first kappa shape index (κ1) is 20.9. The molecule has 5 nitrogen and oxygen atoms in total. The fourth-order valence-electron chi connectivity index (χ4n) is 3.79.